The SMILES string of the molecule is CC(C)[C@@H](NC1CCOCC1)C(=O)N[C@H](C)c1nc2ccccc2[nH]1. The van der Waals surface area contributed by atoms with Crippen LogP contribution in [0.15, 0.2) is 24.3 Å². The van der Waals surface area contributed by atoms with Crippen LogP contribution in [-0.2, 0) is 9.53 Å². The lowest BCUT2D eigenvalue weighted by Gasteiger charge is -2.30. The van der Waals surface area contributed by atoms with Crippen molar-refractivity contribution in [2.75, 3.05) is 13.2 Å². The van der Waals surface area contributed by atoms with Gasteiger partial charge in [-0.3, -0.25) is 4.79 Å². The Hall–Kier alpha value is -1.92. The maximum atomic E-state index is 12.8. The fourth-order valence-corrected chi connectivity index (χ4v) is 3.24. The Morgan fingerprint density at radius 3 is 2.64 bits per heavy atom. The first-order valence-corrected chi connectivity index (χ1v) is 9.13. The number of carbonyl (C=O) groups excluding carboxylic acids is 1. The second kappa shape index (κ2) is 7.97. The van der Waals surface area contributed by atoms with E-state index in [9.17, 15) is 4.79 Å². The molecule has 0 bridgehead atoms. The van der Waals surface area contributed by atoms with Crippen molar-refractivity contribution >= 4 is 16.9 Å². The van der Waals surface area contributed by atoms with Crippen molar-refractivity contribution in [3.63, 3.8) is 0 Å². The first-order chi connectivity index (χ1) is 12.0. The van der Waals surface area contributed by atoms with Gasteiger partial charge in [0.25, 0.3) is 0 Å². The van der Waals surface area contributed by atoms with E-state index in [2.05, 4.69) is 34.4 Å². The number of carbonyl (C=O) groups is 1. The monoisotopic (exact) mass is 344 g/mol. The van der Waals surface area contributed by atoms with Gasteiger partial charge >= 0.3 is 0 Å². The molecule has 3 rings (SSSR count). The molecule has 1 aliphatic rings. The third kappa shape index (κ3) is 4.38. The van der Waals surface area contributed by atoms with Gasteiger partial charge in [-0.05, 0) is 37.8 Å². The second-order valence-corrected chi connectivity index (χ2v) is 7.14. The van der Waals surface area contributed by atoms with Crippen molar-refractivity contribution in [3.05, 3.63) is 30.1 Å². The first kappa shape index (κ1) is 17.9. The smallest absolute Gasteiger partial charge is 0.237 e. The minimum absolute atomic E-state index is 0.0226. The van der Waals surface area contributed by atoms with Crippen LogP contribution in [0, 0.1) is 5.92 Å². The van der Waals surface area contributed by atoms with Crippen LogP contribution in [0.1, 0.15) is 45.5 Å². The lowest BCUT2D eigenvalue weighted by molar-refractivity contribution is -0.125. The molecule has 1 saturated heterocycles. The maximum absolute atomic E-state index is 12.8. The molecule has 2 aromatic rings. The van der Waals surface area contributed by atoms with Gasteiger partial charge in [-0.2, -0.15) is 0 Å². The number of amides is 1. The van der Waals surface area contributed by atoms with Crippen molar-refractivity contribution < 1.29 is 9.53 Å². The van der Waals surface area contributed by atoms with Crippen molar-refractivity contribution in [3.8, 4) is 0 Å². The average molecular weight is 344 g/mol. The molecule has 1 fully saturated rings. The Morgan fingerprint density at radius 2 is 1.96 bits per heavy atom. The zero-order valence-corrected chi connectivity index (χ0v) is 15.2. The van der Waals surface area contributed by atoms with Crippen LogP contribution in [-0.4, -0.2) is 41.2 Å². The molecule has 6 heteroatoms. The van der Waals surface area contributed by atoms with Crippen LogP contribution in [0.4, 0.5) is 0 Å². The number of benzene rings is 1. The van der Waals surface area contributed by atoms with E-state index in [4.69, 9.17) is 4.74 Å². The molecule has 1 aromatic carbocycles. The topological polar surface area (TPSA) is 79.0 Å². The number of aromatic nitrogens is 2. The molecule has 0 saturated carbocycles. The van der Waals surface area contributed by atoms with E-state index in [-0.39, 0.29) is 23.9 Å². The molecular weight excluding hydrogens is 316 g/mol. The number of rotatable bonds is 6. The number of aromatic amines is 1. The van der Waals surface area contributed by atoms with E-state index in [1.807, 2.05) is 31.2 Å². The van der Waals surface area contributed by atoms with E-state index < -0.39 is 0 Å². The summed E-state index contributed by atoms with van der Waals surface area (Å²) in [4.78, 5) is 20.7. The minimum Gasteiger partial charge on any atom is -0.381 e. The van der Waals surface area contributed by atoms with E-state index in [0.717, 1.165) is 42.9 Å². The standard InChI is InChI=1S/C19H28N4O2/c1-12(2)17(21-14-8-10-25-11-9-14)19(24)20-13(3)18-22-15-6-4-5-7-16(15)23-18/h4-7,12-14,17,21H,8-11H2,1-3H3,(H,20,24)(H,22,23)/t13-,17-/m1/s1. The van der Waals surface area contributed by atoms with Gasteiger partial charge in [0.05, 0.1) is 23.1 Å². The van der Waals surface area contributed by atoms with Gasteiger partial charge in [-0.15, -0.1) is 0 Å². The molecule has 136 valence electrons. The van der Waals surface area contributed by atoms with Crippen LogP contribution in [0.5, 0.6) is 0 Å². The van der Waals surface area contributed by atoms with Gasteiger partial charge in [0.15, 0.2) is 0 Å². The molecule has 2 atom stereocenters. The zero-order chi connectivity index (χ0) is 17.8. The Labute approximate surface area is 148 Å². The van der Waals surface area contributed by atoms with E-state index in [0.29, 0.717) is 6.04 Å². The molecule has 0 spiro atoms. The second-order valence-electron chi connectivity index (χ2n) is 7.14. The summed E-state index contributed by atoms with van der Waals surface area (Å²) in [6, 6.07) is 7.85. The summed E-state index contributed by atoms with van der Waals surface area (Å²) in [5.41, 5.74) is 1.90. The van der Waals surface area contributed by atoms with Gasteiger partial charge in [0.2, 0.25) is 5.91 Å². The van der Waals surface area contributed by atoms with Gasteiger partial charge in [0, 0.05) is 19.3 Å². The maximum Gasteiger partial charge on any atom is 0.237 e. The number of hydrogen-bond acceptors (Lipinski definition) is 4. The van der Waals surface area contributed by atoms with Crippen molar-refractivity contribution in [2.24, 2.45) is 5.92 Å². The summed E-state index contributed by atoms with van der Waals surface area (Å²) in [7, 11) is 0. The zero-order valence-electron chi connectivity index (χ0n) is 15.2. The van der Waals surface area contributed by atoms with Gasteiger partial charge in [0.1, 0.15) is 5.82 Å². The largest absolute Gasteiger partial charge is 0.381 e. The summed E-state index contributed by atoms with van der Waals surface area (Å²) in [6.07, 6.45) is 1.91. The van der Waals surface area contributed by atoms with Crippen molar-refractivity contribution in [1.29, 1.82) is 0 Å². The summed E-state index contributed by atoms with van der Waals surface area (Å²) in [6.45, 7) is 7.63. The summed E-state index contributed by atoms with van der Waals surface area (Å²) < 4.78 is 5.40. The number of imidazole rings is 1. The van der Waals surface area contributed by atoms with Crippen LogP contribution >= 0.6 is 0 Å². The lowest BCUT2D eigenvalue weighted by Crippen LogP contribution is -2.52. The van der Waals surface area contributed by atoms with Crippen molar-refractivity contribution in [2.45, 2.75) is 51.7 Å². The highest BCUT2D eigenvalue weighted by atomic mass is 16.5. The van der Waals surface area contributed by atoms with Crippen molar-refractivity contribution in [1.82, 2.24) is 20.6 Å². The molecule has 0 radical (unpaired) electrons. The number of hydrogen-bond donors (Lipinski definition) is 3. The van der Waals surface area contributed by atoms with Gasteiger partial charge in [-0.25, -0.2) is 4.98 Å². The van der Waals surface area contributed by atoms with Crippen LogP contribution in [0.2, 0.25) is 0 Å². The summed E-state index contributed by atoms with van der Waals surface area (Å²) >= 11 is 0. The molecular formula is C19H28N4O2. The van der Waals surface area contributed by atoms with Gasteiger partial charge < -0.3 is 20.4 Å². The number of fused-ring (bicyclic) bond motifs is 1. The highest BCUT2D eigenvalue weighted by molar-refractivity contribution is 5.82. The molecule has 6 nitrogen and oxygen atoms in total. The molecule has 25 heavy (non-hydrogen) atoms. The Bertz CT molecular complexity index is 673. The normalized spacial score (nSPS) is 18.4. The average Bonchev–Trinajstić information content (AvgIpc) is 3.04. The minimum atomic E-state index is -0.213. The number of H-pyrrole nitrogens is 1. The predicted octanol–water partition coefficient (Wildman–Crippen LogP) is 2.53. The number of ether oxygens (including phenoxy) is 1. The first-order valence-electron chi connectivity index (χ1n) is 9.13. The fraction of sp³-hybridized carbons (Fsp3) is 0.579. The van der Waals surface area contributed by atoms with Gasteiger partial charge in [-0.1, -0.05) is 26.0 Å². The molecule has 3 N–H and O–H groups in total. The number of nitrogens with zero attached hydrogens (tertiary/aromatic N) is 1. The number of nitrogens with one attached hydrogen (secondary N) is 3. The van der Waals surface area contributed by atoms with E-state index in [1.54, 1.807) is 0 Å². The predicted molar refractivity (Wildman–Crippen MR) is 98.3 cm³/mol. The van der Waals surface area contributed by atoms with Crippen LogP contribution in [0.3, 0.4) is 0 Å². The third-order valence-corrected chi connectivity index (χ3v) is 4.76. The molecule has 2 heterocycles. The lowest BCUT2D eigenvalue weighted by atomic mass is 9.99. The Balaban J connectivity index is 1.65. The third-order valence-electron chi connectivity index (χ3n) is 4.76. The molecule has 0 unspecified atom stereocenters. The van der Waals surface area contributed by atoms with Crippen LogP contribution < -0.4 is 10.6 Å². The quantitative estimate of drug-likeness (QED) is 0.752. The molecule has 0 aliphatic carbocycles. The molecule has 1 aliphatic heterocycles. The van der Waals surface area contributed by atoms with E-state index >= 15 is 0 Å². The fourth-order valence-electron chi connectivity index (χ4n) is 3.24. The van der Waals surface area contributed by atoms with Crippen LogP contribution in [0.25, 0.3) is 11.0 Å². The highest BCUT2D eigenvalue weighted by Crippen LogP contribution is 2.17. The number of para-hydroxylation sites is 2. The summed E-state index contributed by atoms with van der Waals surface area (Å²) in [5, 5.41) is 6.62. The van der Waals surface area contributed by atoms with E-state index in [1.165, 1.54) is 0 Å². The Morgan fingerprint density at radius 1 is 1.24 bits per heavy atom. The molecule has 1 aromatic heterocycles. The molecule has 1 amide bonds. The highest BCUT2D eigenvalue weighted by Gasteiger charge is 2.27. The summed E-state index contributed by atoms with van der Waals surface area (Å²) in [5.74, 6) is 1.02. The Kier molecular flexibility index (Phi) is 5.71.